The van der Waals surface area contributed by atoms with E-state index in [1.807, 2.05) is 0 Å². The molecule has 3 aliphatic rings. The van der Waals surface area contributed by atoms with Crippen LogP contribution in [0.4, 0.5) is 0 Å². The van der Waals surface area contributed by atoms with Gasteiger partial charge in [-0.15, -0.1) is 0 Å². The number of likely N-dealkylation sites (tertiary alicyclic amines) is 1. The minimum atomic E-state index is 0.529. The van der Waals surface area contributed by atoms with Gasteiger partial charge < -0.3 is 15.0 Å². The Balaban J connectivity index is 1.40. The van der Waals surface area contributed by atoms with E-state index in [1.54, 1.807) is 0 Å². The zero-order valence-electron chi connectivity index (χ0n) is 11.8. The van der Waals surface area contributed by atoms with Gasteiger partial charge in [0.1, 0.15) is 0 Å². The van der Waals surface area contributed by atoms with Gasteiger partial charge in [0.15, 0.2) is 0 Å². The lowest BCUT2D eigenvalue weighted by molar-refractivity contribution is -0.172. The molecule has 3 nitrogen and oxygen atoms in total. The summed E-state index contributed by atoms with van der Waals surface area (Å²) in [5.41, 5.74) is 0.529. The van der Waals surface area contributed by atoms with Crippen LogP contribution in [0.3, 0.4) is 0 Å². The van der Waals surface area contributed by atoms with Crippen molar-refractivity contribution in [3.05, 3.63) is 0 Å². The lowest BCUT2D eigenvalue weighted by atomic mass is 9.51. The first-order chi connectivity index (χ1) is 8.85. The van der Waals surface area contributed by atoms with Crippen molar-refractivity contribution in [1.82, 2.24) is 10.2 Å². The van der Waals surface area contributed by atoms with Crippen LogP contribution in [-0.4, -0.2) is 49.8 Å². The molecule has 2 saturated carbocycles. The Hall–Kier alpha value is -0.120. The molecule has 1 spiro atoms. The molecule has 0 bridgehead atoms. The van der Waals surface area contributed by atoms with Crippen LogP contribution in [0, 0.1) is 5.41 Å². The van der Waals surface area contributed by atoms with E-state index in [9.17, 15) is 0 Å². The van der Waals surface area contributed by atoms with E-state index in [4.69, 9.17) is 4.74 Å². The van der Waals surface area contributed by atoms with Gasteiger partial charge in [-0.05, 0) is 52.1 Å². The number of nitrogens with zero attached hydrogens (tertiary/aromatic N) is 1. The predicted octanol–water partition coefficient (Wildman–Crippen LogP) is 2.02. The molecule has 0 amide bonds. The summed E-state index contributed by atoms with van der Waals surface area (Å²) in [4.78, 5) is 2.60. The van der Waals surface area contributed by atoms with Gasteiger partial charge in [-0.25, -0.2) is 0 Å². The van der Waals surface area contributed by atoms with E-state index in [0.717, 1.165) is 12.6 Å². The van der Waals surface area contributed by atoms with Gasteiger partial charge in [-0.2, -0.15) is 0 Å². The second kappa shape index (κ2) is 5.48. The number of nitrogens with one attached hydrogen (secondary N) is 1. The second-order valence-electron chi connectivity index (χ2n) is 6.32. The molecule has 2 atom stereocenters. The summed E-state index contributed by atoms with van der Waals surface area (Å²) in [6.45, 7) is 8.06. The van der Waals surface area contributed by atoms with E-state index >= 15 is 0 Å². The fraction of sp³-hybridized carbons (Fsp3) is 1.00. The standard InChI is InChI=1S/C15H28N2O/c1-2-18-14-12-13(15(14)6-5-7-15)16-8-11-17-9-3-4-10-17/h13-14,16H,2-12H2,1H3. The Morgan fingerprint density at radius 2 is 2.00 bits per heavy atom. The molecule has 0 aromatic heterocycles. The van der Waals surface area contributed by atoms with Gasteiger partial charge >= 0.3 is 0 Å². The zero-order valence-corrected chi connectivity index (χ0v) is 11.8. The fourth-order valence-electron chi connectivity index (χ4n) is 4.13. The average molecular weight is 252 g/mol. The molecular weight excluding hydrogens is 224 g/mol. The summed E-state index contributed by atoms with van der Waals surface area (Å²) in [6, 6.07) is 0.741. The van der Waals surface area contributed by atoms with E-state index in [1.165, 1.54) is 64.7 Å². The van der Waals surface area contributed by atoms with Crippen molar-refractivity contribution in [2.75, 3.05) is 32.8 Å². The molecule has 3 heteroatoms. The van der Waals surface area contributed by atoms with Crippen molar-refractivity contribution in [2.24, 2.45) is 5.41 Å². The van der Waals surface area contributed by atoms with Gasteiger partial charge in [0, 0.05) is 31.2 Å². The van der Waals surface area contributed by atoms with Gasteiger partial charge in [0.25, 0.3) is 0 Å². The van der Waals surface area contributed by atoms with Crippen LogP contribution in [0.25, 0.3) is 0 Å². The molecule has 18 heavy (non-hydrogen) atoms. The van der Waals surface area contributed by atoms with Crippen LogP contribution in [0.5, 0.6) is 0 Å². The third-order valence-electron chi connectivity index (χ3n) is 5.45. The summed E-state index contributed by atoms with van der Waals surface area (Å²) in [7, 11) is 0. The zero-order chi connectivity index (χ0) is 12.4. The molecule has 0 aromatic carbocycles. The number of rotatable bonds is 6. The number of hydrogen-bond acceptors (Lipinski definition) is 3. The van der Waals surface area contributed by atoms with E-state index in [-0.39, 0.29) is 0 Å². The van der Waals surface area contributed by atoms with Crippen molar-refractivity contribution in [3.8, 4) is 0 Å². The Bertz CT molecular complexity index is 272. The fourth-order valence-corrected chi connectivity index (χ4v) is 4.13. The van der Waals surface area contributed by atoms with Crippen molar-refractivity contribution < 1.29 is 4.74 Å². The summed E-state index contributed by atoms with van der Waals surface area (Å²) < 4.78 is 5.90. The van der Waals surface area contributed by atoms with E-state index in [0.29, 0.717) is 11.5 Å². The molecule has 104 valence electrons. The first-order valence-corrected chi connectivity index (χ1v) is 7.92. The maximum absolute atomic E-state index is 5.90. The minimum absolute atomic E-state index is 0.529. The highest BCUT2D eigenvalue weighted by Crippen LogP contribution is 2.57. The molecular formula is C15H28N2O. The Labute approximate surface area is 111 Å². The van der Waals surface area contributed by atoms with Gasteiger partial charge in [0.05, 0.1) is 6.10 Å². The summed E-state index contributed by atoms with van der Waals surface area (Å²) >= 11 is 0. The summed E-state index contributed by atoms with van der Waals surface area (Å²) in [5, 5.41) is 3.81. The van der Waals surface area contributed by atoms with Crippen molar-refractivity contribution in [3.63, 3.8) is 0 Å². The molecule has 1 saturated heterocycles. The Morgan fingerprint density at radius 3 is 2.61 bits per heavy atom. The average Bonchev–Trinajstić information content (AvgIpc) is 2.77. The van der Waals surface area contributed by atoms with Crippen LogP contribution in [-0.2, 0) is 4.74 Å². The molecule has 0 aromatic rings. The highest BCUT2D eigenvalue weighted by Gasteiger charge is 2.58. The van der Waals surface area contributed by atoms with Gasteiger partial charge in [-0.1, -0.05) is 6.42 Å². The molecule has 3 rings (SSSR count). The summed E-state index contributed by atoms with van der Waals surface area (Å²) in [6.07, 6.45) is 8.79. The third-order valence-corrected chi connectivity index (χ3v) is 5.45. The molecule has 1 N–H and O–H groups in total. The van der Waals surface area contributed by atoms with Crippen LogP contribution >= 0.6 is 0 Å². The predicted molar refractivity (Wildman–Crippen MR) is 73.8 cm³/mol. The largest absolute Gasteiger partial charge is 0.378 e. The smallest absolute Gasteiger partial charge is 0.0661 e. The van der Waals surface area contributed by atoms with Crippen molar-refractivity contribution in [1.29, 1.82) is 0 Å². The highest BCUT2D eigenvalue weighted by molar-refractivity contribution is 5.12. The maximum atomic E-state index is 5.90. The van der Waals surface area contributed by atoms with E-state index in [2.05, 4.69) is 17.1 Å². The van der Waals surface area contributed by atoms with E-state index < -0.39 is 0 Å². The van der Waals surface area contributed by atoms with Crippen LogP contribution in [0.15, 0.2) is 0 Å². The Morgan fingerprint density at radius 1 is 1.22 bits per heavy atom. The number of hydrogen-bond donors (Lipinski definition) is 1. The lowest BCUT2D eigenvalue weighted by Gasteiger charge is -2.61. The normalized spacial score (nSPS) is 34.5. The van der Waals surface area contributed by atoms with Crippen molar-refractivity contribution in [2.45, 2.75) is 57.6 Å². The molecule has 1 aliphatic heterocycles. The lowest BCUT2D eigenvalue weighted by Crippen LogP contribution is -2.67. The second-order valence-corrected chi connectivity index (χ2v) is 6.32. The third kappa shape index (κ3) is 2.21. The Kier molecular flexibility index (Phi) is 3.92. The van der Waals surface area contributed by atoms with Crippen LogP contribution < -0.4 is 5.32 Å². The maximum Gasteiger partial charge on any atom is 0.0661 e. The summed E-state index contributed by atoms with van der Waals surface area (Å²) in [5.74, 6) is 0. The quantitative estimate of drug-likeness (QED) is 0.783. The minimum Gasteiger partial charge on any atom is -0.378 e. The van der Waals surface area contributed by atoms with Crippen LogP contribution in [0.1, 0.15) is 45.4 Å². The van der Waals surface area contributed by atoms with Gasteiger partial charge in [0.2, 0.25) is 0 Å². The monoisotopic (exact) mass is 252 g/mol. The molecule has 2 aliphatic carbocycles. The molecule has 3 fully saturated rings. The van der Waals surface area contributed by atoms with Crippen molar-refractivity contribution >= 4 is 0 Å². The first kappa shape index (κ1) is 12.9. The molecule has 1 heterocycles. The van der Waals surface area contributed by atoms with Gasteiger partial charge in [-0.3, -0.25) is 0 Å². The first-order valence-electron chi connectivity index (χ1n) is 7.92. The SMILES string of the molecule is CCOC1CC(NCCN2CCCC2)C12CCC2. The van der Waals surface area contributed by atoms with Crippen LogP contribution in [0.2, 0.25) is 0 Å². The highest BCUT2D eigenvalue weighted by atomic mass is 16.5. The molecule has 0 radical (unpaired) electrons. The topological polar surface area (TPSA) is 24.5 Å². The molecule has 2 unspecified atom stereocenters. The number of ether oxygens (including phenoxy) is 1.